The molecule has 0 radical (unpaired) electrons. The molecule has 0 aliphatic rings. The molecule has 3 N–H and O–H groups in total. The highest BCUT2D eigenvalue weighted by atomic mass is 35.5. The van der Waals surface area contributed by atoms with Crippen LogP contribution in [0.1, 0.15) is 11.1 Å². The molecule has 0 aliphatic carbocycles. The molecule has 164 valence electrons. The summed E-state index contributed by atoms with van der Waals surface area (Å²) in [5.74, 6) is -0.735. The molecule has 0 spiro atoms. The lowest BCUT2D eigenvalue weighted by molar-refractivity contribution is -0.115. The second kappa shape index (κ2) is 8.70. The van der Waals surface area contributed by atoms with Crippen molar-refractivity contribution in [3.63, 3.8) is 0 Å². The van der Waals surface area contributed by atoms with Gasteiger partial charge in [-0.2, -0.15) is 5.10 Å². The largest absolute Gasteiger partial charge is 0.326 e. The molecular formula is C22H18ClFN4O3S. The van der Waals surface area contributed by atoms with E-state index in [0.29, 0.717) is 21.5 Å². The zero-order chi connectivity index (χ0) is 22.9. The van der Waals surface area contributed by atoms with Gasteiger partial charge in [-0.25, -0.2) is 17.9 Å². The lowest BCUT2D eigenvalue weighted by Crippen LogP contribution is -2.17. The van der Waals surface area contributed by atoms with E-state index in [1.165, 1.54) is 24.4 Å². The van der Waals surface area contributed by atoms with E-state index in [9.17, 15) is 17.6 Å². The van der Waals surface area contributed by atoms with Crippen LogP contribution in [0.3, 0.4) is 0 Å². The molecule has 0 atom stereocenters. The molecule has 0 saturated carbocycles. The summed E-state index contributed by atoms with van der Waals surface area (Å²) < 4.78 is 39.2. The van der Waals surface area contributed by atoms with Crippen LogP contribution < -0.4 is 10.5 Å². The summed E-state index contributed by atoms with van der Waals surface area (Å²) in [5, 5.41) is 13.1. The first-order valence-electron chi connectivity index (χ1n) is 9.51. The molecule has 1 heterocycles. The summed E-state index contributed by atoms with van der Waals surface area (Å²) >= 11 is 6.12. The van der Waals surface area contributed by atoms with Crippen molar-refractivity contribution in [3.05, 3.63) is 88.8 Å². The molecular weight excluding hydrogens is 455 g/mol. The van der Waals surface area contributed by atoms with Gasteiger partial charge in [-0.1, -0.05) is 41.9 Å². The van der Waals surface area contributed by atoms with Crippen molar-refractivity contribution >= 4 is 44.1 Å². The number of anilines is 1. The first kappa shape index (κ1) is 21.9. The van der Waals surface area contributed by atoms with Gasteiger partial charge in [0.05, 0.1) is 29.6 Å². The van der Waals surface area contributed by atoms with E-state index in [0.717, 1.165) is 5.56 Å². The highest BCUT2D eigenvalue weighted by Crippen LogP contribution is 2.28. The molecule has 1 aromatic heterocycles. The Bertz CT molecular complexity index is 1420. The topological polar surface area (TPSA) is 107 Å². The van der Waals surface area contributed by atoms with Gasteiger partial charge in [-0.15, -0.1) is 0 Å². The Labute approximate surface area is 188 Å². The Morgan fingerprint density at radius 2 is 1.84 bits per heavy atom. The molecule has 0 fully saturated rings. The number of aromatic nitrogens is 2. The van der Waals surface area contributed by atoms with Gasteiger partial charge in [-0.3, -0.25) is 9.48 Å². The summed E-state index contributed by atoms with van der Waals surface area (Å²) in [6, 6.07) is 15.7. The predicted octanol–water partition coefficient (Wildman–Crippen LogP) is 3.71. The summed E-state index contributed by atoms with van der Waals surface area (Å²) in [6.07, 6.45) is 1.41. The molecule has 0 unspecified atom stereocenters. The minimum atomic E-state index is -4.09. The second-order valence-corrected chi connectivity index (χ2v) is 9.13. The van der Waals surface area contributed by atoms with Crippen molar-refractivity contribution in [1.29, 1.82) is 0 Å². The number of hydrogen-bond acceptors (Lipinski definition) is 4. The maximum absolute atomic E-state index is 13.2. The van der Waals surface area contributed by atoms with Crippen LogP contribution >= 0.6 is 11.6 Å². The van der Waals surface area contributed by atoms with E-state index in [4.69, 9.17) is 16.7 Å². The molecule has 7 nitrogen and oxygen atoms in total. The van der Waals surface area contributed by atoms with Gasteiger partial charge >= 0.3 is 0 Å². The molecule has 10 heteroatoms. The van der Waals surface area contributed by atoms with Crippen LogP contribution in [0, 0.1) is 5.82 Å². The highest BCUT2D eigenvalue weighted by Gasteiger charge is 2.19. The van der Waals surface area contributed by atoms with Crippen molar-refractivity contribution in [3.8, 4) is 0 Å². The number of nitrogens with zero attached hydrogens (tertiary/aromatic N) is 2. The standard InChI is InChI=1S/C22H18ClFN4O3S/c23-19-4-2-1-3-15(19)9-22(29)27-17-10-20-18(21(11-17)32(25,30)31)12-26-28(20)13-14-5-7-16(24)8-6-14/h1-8,10-12H,9,13H2,(H,27,29)(H2,25,30,31). The van der Waals surface area contributed by atoms with Gasteiger partial charge in [0.2, 0.25) is 15.9 Å². The predicted molar refractivity (Wildman–Crippen MR) is 120 cm³/mol. The number of primary sulfonamides is 1. The second-order valence-electron chi connectivity index (χ2n) is 7.20. The molecule has 3 aromatic carbocycles. The van der Waals surface area contributed by atoms with E-state index < -0.39 is 10.0 Å². The smallest absolute Gasteiger partial charge is 0.238 e. The van der Waals surface area contributed by atoms with Crippen LogP contribution in [0.4, 0.5) is 10.1 Å². The van der Waals surface area contributed by atoms with E-state index in [-0.39, 0.29) is 35.3 Å². The van der Waals surface area contributed by atoms with Crippen LogP contribution in [0.15, 0.2) is 71.8 Å². The summed E-state index contributed by atoms with van der Waals surface area (Å²) in [6.45, 7) is 0.269. The number of fused-ring (bicyclic) bond motifs is 1. The zero-order valence-electron chi connectivity index (χ0n) is 16.6. The quantitative estimate of drug-likeness (QED) is 0.446. The number of sulfonamides is 1. The Kier molecular flexibility index (Phi) is 5.96. The lowest BCUT2D eigenvalue weighted by Gasteiger charge is -2.11. The molecule has 0 aliphatic heterocycles. The monoisotopic (exact) mass is 472 g/mol. The summed E-state index contributed by atoms with van der Waals surface area (Å²) in [5.41, 5.74) is 2.11. The number of halogens is 2. The number of nitrogens with two attached hydrogens (primary N) is 1. The van der Waals surface area contributed by atoms with Gasteiger partial charge in [0.25, 0.3) is 0 Å². The number of benzene rings is 3. The van der Waals surface area contributed by atoms with E-state index in [2.05, 4.69) is 10.4 Å². The molecule has 1 amide bonds. The fourth-order valence-electron chi connectivity index (χ4n) is 3.36. The van der Waals surface area contributed by atoms with E-state index in [1.54, 1.807) is 47.1 Å². The number of carbonyl (C=O) groups excluding carboxylic acids is 1. The summed E-state index contributed by atoms with van der Waals surface area (Å²) in [4.78, 5) is 12.4. The average molecular weight is 473 g/mol. The van der Waals surface area contributed by atoms with Gasteiger partial charge in [0.15, 0.2) is 0 Å². The van der Waals surface area contributed by atoms with Crippen LogP contribution in [0.25, 0.3) is 10.9 Å². The van der Waals surface area contributed by atoms with Gasteiger partial charge < -0.3 is 5.32 Å². The Hall–Kier alpha value is -3.27. The van der Waals surface area contributed by atoms with Crippen molar-refractivity contribution in [2.45, 2.75) is 17.9 Å². The van der Waals surface area contributed by atoms with E-state index in [1.807, 2.05) is 0 Å². The molecule has 4 rings (SSSR count). The number of amides is 1. The average Bonchev–Trinajstić information content (AvgIpc) is 3.12. The number of rotatable bonds is 6. The first-order valence-corrected chi connectivity index (χ1v) is 11.4. The van der Waals surface area contributed by atoms with Crippen molar-refractivity contribution < 1.29 is 17.6 Å². The Morgan fingerprint density at radius 3 is 2.53 bits per heavy atom. The van der Waals surface area contributed by atoms with Gasteiger partial charge in [0.1, 0.15) is 5.82 Å². The van der Waals surface area contributed by atoms with Crippen LogP contribution in [-0.2, 0) is 27.8 Å². The Morgan fingerprint density at radius 1 is 1.12 bits per heavy atom. The Balaban J connectivity index is 1.70. The fourth-order valence-corrected chi connectivity index (χ4v) is 4.32. The van der Waals surface area contributed by atoms with Crippen molar-refractivity contribution in [2.24, 2.45) is 5.14 Å². The normalized spacial score (nSPS) is 11.6. The van der Waals surface area contributed by atoms with Crippen LogP contribution in [0.2, 0.25) is 5.02 Å². The maximum Gasteiger partial charge on any atom is 0.238 e. The van der Waals surface area contributed by atoms with Crippen molar-refractivity contribution in [1.82, 2.24) is 9.78 Å². The maximum atomic E-state index is 13.2. The molecule has 0 saturated heterocycles. The minimum absolute atomic E-state index is 0.0112. The third-order valence-electron chi connectivity index (χ3n) is 4.87. The number of nitrogens with one attached hydrogen (secondary N) is 1. The fraction of sp³-hybridized carbons (Fsp3) is 0.0909. The highest BCUT2D eigenvalue weighted by molar-refractivity contribution is 7.89. The molecule has 0 bridgehead atoms. The van der Waals surface area contributed by atoms with Crippen LogP contribution in [-0.4, -0.2) is 24.1 Å². The molecule has 4 aromatic rings. The summed E-state index contributed by atoms with van der Waals surface area (Å²) in [7, 11) is -4.09. The van der Waals surface area contributed by atoms with Crippen LogP contribution in [0.5, 0.6) is 0 Å². The third kappa shape index (κ3) is 4.80. The van der Waals surface area contributed by atoms with Gasteiger partial charge in [-0.05, 0) is 41.5 Å². The zero-order valence-corrected chi connectivity index (χ0v) is 18.2. The van der Waals surface area contributed by atoms with Crippen molar-refractivity contribution in [2.75, 3.05) is 5.32 Å². The first-order chi connectivity index (χ1) is 15.2. The lowest BCUT2D eigenvalue weighted by atomic mass is 10.1. The third-order valence-corrected chi connectivity index (χ3v) is 6.19. The molecule has 32 heavy (non-hydrogen) atoms. The van der Waals surface area contributed by atoms with E-state index >= 15 is 0 Å². The number of hydrogen-bond donors (Lipinski definition) is 2. The van der Waals surface area contributed by atoms with Gasteiger partial charge in [0, 0.05) is 16.1 Å². The SMILES string of the molecule is NS(=O)(=O)c1cc(NC(=O)Cc2ccccc2Cl)cc2c1cnn2Cc1ccc(F)cc1. The minimum Gasteiger partial charge on any atom is -0.326 e. The number of carbonyl (C=O) groups is 1.